The van der Waals surface area contributed by atoms with E-state index >= 15 is 0 Å². The number of allylic oxidation sites excluding steroid dienone is 2. The lowest BCUT2D eigenvalue weighted by molar-refractivity contribution is -0.117. The van der Waals surface area contributed by atoms with Crippen molar-refractivity contribution in [3.63, 3.8) is 0 Å². The molecule has 0 fully saturated rings. The van der Waals surface area contributed by atoms with Crippen LogP contribution in [0.4, 0.5) is 0 Å². The van der Waals surface area contributed by atoms with Gasteiger partial charge in [-0.25, -0.2) is 0 Å². The van der Waals surface area contributed by atoms with Crippen LogP contribution in [0, 0.1) is 0 Å². The van der Waals surface area contributed by atoms with E-state index in [4.69, 9.17) is 0 Å². The van der Waals surface area contributed by atoms with Gasteiger partial charge in [0.2, 0.25) is 0 Å². The lowest BCUT2D eigenvalue weighted by Crippen LogP contribution is -2.31. The van der Waals surface area contributed by atoms with Crippen LogP contribution in [0.25, 0.3) is 5.57 Å². The van der Waals surface area contributed by atoms with E-state index < -0.39 is 0 Å². The number of rotatable bonds is 7. The molecule has 4 heteroatoms. The first-order valence-electron chi connectivity index (χ1n) is 8.44. The number of thiophene rings is 1. The number of halogens is 1. The first-order valence-corrected chi connectivity index (χ1v) is 10.4. The molecule has 1 aromatic carbocycles. The number of hydrogen-bond donors (Lipinski definition) is 0. The summed E-state index contributed by atoms with van der Waals surface area (Å²) in [6.07, 6.45) is 3.64. The number of Topliss-reactive ketones (excluding diaryl/α,β-unsaturated/α-hetero) is 1. The third-order valence-corrected chi connectivity index (χ3v) is 5.73. The van der Waals surface area contributed by atoms with Gasteiger partial charge in [0.1, 0.15) is 0 Å². The minimum absolute atomic E-state index is 0.297. The lowest BCUT2D eigenvalue weighted by atomic mass is 9.89. The summed E-state index contributed by atoms with van der Waals surface area (Å²) in [6, 6.07) is 14.6. The fourth-order valence-corrected chi connectivity index (χ4v) is 4.20. The highest BCUT2D eigenvalue weighted by Crippen LogP contribution is 2.33. The first kappa shape index (κ1) is 17.4. The molecule has 2 nitrogen and oxygen atoms in total. The summed E-state index contributed by atoms with van der Waals surface area (Å²) < 4.78 is 0. The zero-order valence-corrected chi connectivity index (χ0v) is 16.1. The minimum atomic E-state index is 0.297. The molecule has 1 aliphatic carbocycles. The Hall–Kier alpha value is -1.39. The second-order valence-corrected chi connectivity index (χ2v) is 7.84. The molecule has 1 heterocycles. The molecule has 0 amide bonds. The van der Waals surface area contributed by atoms with E-state index in [-0.39, 0.29) is 0 Å². The van der Waals surface area contributed by atoms with Gasteiger partial charge >= 0.3 is 0 Å². The number of ketones is 1. The number of carbonyl (C=O) groups excluding carboxylic acids is 1. The van der Waals surface area contributed by atoms with Gasteiger partial charge in [0, 0.05) is 23.2 Å². The standard InChI is InChI=1S/C20H22BrNOS/c21-12-6-13-22(15-17-9-5-14-24-17)20-18(10-4-11-19(20)23)16-7-2-1-3-8-16/h1-3,5,7-9,14H,4,6,10-13,15H2. The molecule has 0 unspecified atom stereocenters. The third kappa shape index (κ3) is 4.17. The Labute approximate surface area is 156 Å². The quantitative estimate of drug-likeness (QED) is 0.568. The van der Waals surface area contributed by atoms with Crippen LogP contribution in [0.3, 0.4) is 0 Å². The predicted octanol–water partition coefficient (Wildman–Crippen LogP) is 5.50. The highest BCUT2D eigenvalue weighted by atomic mass is 79.9. The maximum atomic E-state index is 12.8. The second kappa shape index (κ2) is 8.63. The Balaban J connectivity index is 1.99. The molecule has 1 aromatic heterocycles. The van der Waals surface area contributed by atoms with Gasteiger partial charge < -0.3 is 4.90 Å². The molecule has 0 aliphatic heterocycles. The van der Waals surface area contributed by atoms with Crippen LogP contribution in [0.5, 0.6) is 0 Å². The highest BCUT2D eigenvalue weighted by Gasteiger charge is 2.26. The van der Waals surface area contributed by atoms with Crippen molar-refractivity contribution in [2.75, 3.05) is 11.9 Å². The van der Waals surface area contributed by atoms with Gasteiger partial charge in [-0.15, -0.1) is 11.3 Å². The molecule has 126 valence electrons. The maximum absolute atomic E-state index is 12.8. The van der Waals surface area contributed by atoms with Crippen molar-refractivity contribution in [3.8, 4) is 0 Å². The van der Waals surface area contributed by atoms with Crippen molar-refractivity contribution in [3.05, 3.63) is 64.0 Å². The van der Waals surface area contributed by atoms with Crippen LogP contribution >= 0.6 is 27.3 Å². The van der Waals surface area contributed by atoms with E-state index in [0.717, 1.165) is 43.4 Å². The molecule has 0 saturated carbocycles. The molecule has 0 spiro atoms. The summed E-state index contributed by atoms with van der Waals surface area (Å²) in [5.41, 5.74) is 3.36. The van der Waals surface area contributed by atoms with Crippen LogP contribution in [0.1, 0.15) is 36.1 Å². The lowest BCUT2D eigenvalue weighted by Gasteiger charge is -2.31. The normalized spacial score (nSPS) is 15.0. The van der Waals surface area contributed by atoms with Crippen LogP contribution < -0.4 is 0 Å². The van der Waals surface area contributed by atoms with Gasteiger partial charge in [-0.05, 0) is 41.8 Å². The van der Waals surface area contributed by atoms with E-state index in [2.05, 4.69) is 62.6 Å². The van der Waals surface area contributed by atoms with Gasteiger partial charge in [-0.2, -0.15) is 0 Å². The van der Waals surface area contributed by atoms with Gasteiger partial charge in [-0.1, -0.05) is 52.3 Å². The number of alkyl halides is 1. The monoisotopic (exact) mass is 403 g/mol. The summed E-state index contributed by atoms with van der Waals surface area (Å²) >= 11 is 5.29. The summed E-state index contributed by atoms with van der Waals surface area (Å²) in [4.78, 5) is 16.4. The fraction of sp³-hybridized carbons (Fsp3) is 0.350. The smallest absolute Gasteiger partial charge is 0.179 e. The Kier molecular flexibility index (Phi) is 6.27. The molecule has 0 saturated heterocycles. The summed E-state index contributed by atoms with van der Waals surface area (Å²) in [5.74, 6) is 0.297. The van der Waals surface area contributed by atoms with Crippen molar-refractivity contribution >= 4 is 38.6 Å². The van der Waals surface area contributed by atoms with E-state index in [1.807, 2.05) is 6.07 Å². The van der Waals surface area contributed by atoms with E-state index in [1.165, 1.54) is 16.0 Å². The van der Waals surface area contributed by atoms with Crippen molar-refractivity contribution in [2.24, 2.45) is 0 Å². The van der Waals surface area contributed by atoms with Gasteiger partial charge in [0.25, 0.3) is 0 Å². The van der Waals surface area contributed by atoms with Crippen LogP contribution in [0.2, 0.25) is 0 Å². The highest BCUT2D eigenvalue weighted by molar-refractivity contribution is 9.09. The van der Waals surface area contributed by atoms with Crippen molar-refractivity contribution < 1.29 is 4.79 Å². The van der Waals surface area contributed by atoms with Gasteiger partial charge in [0.15, 0.2) is 5.78 Å². The zero-order chi connectivity index (χ0) is 16.8. The molecule has 24 heavy (non-hydrogen) atoms. The van der Waals surface area contributed by atoms with E-state index in [9.17, 15) is 4.79 Å². The molecule has 0 atom stereocenters. The number of carbonyl (C=O) groups is 1. The maximum Gasteiger partial charge on any atom is 0.179 e. The fourth-order valence-electron chi connectivity index (χ4n) is 3.23. The number of hydrogen-bond acceptors (Lipinski definition) is 3. The summed E-state index contributed by atoms with van der Waals surface area (Å²) in [7, 11) is 0. The average molecular weight is 404 g/mol. The Morgan fingerprint density at radius 3 is 2.62 bits per heavy atom. The molecule has 2 aromatic rings. The molecule has 0 bridgehead atoms. The average Bonchev–Trinajstić information content (AvgIpc) is 3.12. The predicted molar refractivity (Wildman–Crippen MR) is 105 cm³/mol. The Morgan fingerprint density at radius 1 is 1.08 bits per heavy atom. The van der Waals surface area contributed by atoms with E-state index in [0.29, 0.717) is 12.2 Å². The number of nitrogens with zero attached hydrogens (tertiary/aromatic N) is 1. The molecule has 1 aliphatic rings. The molecule has 0 N–H and O–H groups in total. The van der Waals surface area contributed by atoms with Crippen molar-refractivity contribution in [1.82, 2.24) is 4.90 Å². The molecular formula is C20H22BrNOS. The SMILES string of the molecule is O=C1CCCC(c2ccccc2)=C1N(CCCBr)Cc1cccs1. The first-order chi connectivity index (χ1) is 11.8. The molecule has 0 radical (unpaired) electrons. The van der Waals surface area contributed by atoms with Crippen molar-refractivity contribution in [1.29, 1.82) is 0 Å². The summed E-state index contributed by atoms with van der Waals surface area (Å²) in [5, 5.41) is 3.06. The van der Waals surface area contributed by atoms with Crippen LogP contribution in [0.15, 0.2) is 53.5 Å². The molecule has 3 rings (SSSR count). The van der Waals surface area contributed by atoms with E-state index in [1.54, 1.807) is 11.3 Å². The minimum Gasteiger partial charge on any atom is -0.363 e. The largest absolute Gasteiger partial charge is 0.363 e. The zero-order valence-electron chi connectivity index (χ0n) is 13.7. The third-order valence-electron chi connectivity index (χ3n) is 4.31. The van der Waals surface area contributed by atoms with Crippen LogP contribution in [-0.4, -0.2) is 22.6 Å². The topological polar surface area (TPSA) is 20.3 Å². The van der Waals surface area contributed by atoms with Crippen LogP contribution in [-0.2, 0) is 11.3 Å². The number of benzene rings is 1. The van der Waals surface area contributed by atoms with Gasteiger partial charge in [0.05, 0.1) is 12.2 Å². The van der Waals surface area contributed by atoms with Gasteiger partial charge in [-0.3, -0.25) is 4.79 Å². The molecular weight excluding hydrogens is 382 g/mol. The Morgan fingerprint density at radius 2 is 1.92 bits per heavy atom. The van der Waals surface area contributed by atoms with Crippen molar-refractivity contribution in [2.45, 2.75) is 32.2 Å². The summed E-state index contributed by atoms with van der Waals surface area (Å²) in [6.45, 7) is 1.72. The Bertz CT molecular complexity index is 694. The second-order valence-electron chi connectivity index (χ2n) is 6.01.